The molecule has 0 aliphatic rings. The van der Waals surface area contributed by atoms with E-state index < -0.39 is 60.7 Å². The lowest BCUT2D eigenvalue weighted by molar-refractivity contribution is -0.461. The fourth-order valence-electron chi connectivity index (χ4n) is 3.63. The lowest BCUT2D eigenvalue weighted by Crippen LogP contribution is -2.73. The Labute approximate surface area is 227 Å². The Balaban J connectivity index is 5.01. The summed E-state index contributed by atoms with van der Waals surface area (Å²) in [6, 6.07) is 0. The Kier molecular flexibility index (Phi) is 14.6. The minimum absolute atomic E-state index is 0.145. The molecule has 0 radical (unpaired) electrons. The van der Waals surface area contributed by atoms with Crippen LogP contribution >= 0.6 is 0 Å². The molecule has 0 amide bonds. The maximum absolute atomic E-state index is 13.7. The largest absolute Gasteiger partial charge is 0.473 e. The zero-order chi connectivity index (χ0) is 32.4. The molecule has 0 saturated heterocycles. The van der Waals surface area contributed by atoms with Gasteiger partial charge in [0.2, 0.25) is 0 Å². The number of rotatable bonds is 22. The van der Waals surface area contributed by atoms with Crippen molar-refractivity contribution in [1.82, 2.24) is 0 Å². The summed E-state index contributed by atoms with van der Waals surface area (Å²) in [7, 11) is 0. The van der Waals surface area contributed by atoms with Crippen LogP contribution in [0.15, 0.2) is 0 Å². The van der Waals surface area contributed by atoms with Gasteiger partial charge in [0.25, 0.3) is 0 Å². The Bertz CT molecular complexity index is 785. The number of esters is 1. The fraction of sp³-hybridized carbons (Fsp3) is 0.958. The third-order valence-corrected chi connectivity index (χ3v) is 6.30. The van der Waals surface area contributed by atoms with Gasteiger partial charge in [0.15, 0.2) is 6.67 Å². The standard InChI is InChI=1S/C24H33F15O2/c1-2-3-4-5-6-7-8-9-10-11-12-13-14-15-17(40)41-24(38,39)23(36,37)22(34,35)21(32,33)20(30,31)19(28,29)18(26,27)16-25/h2-16H2,1H3. The van der Waals surface area contributed by atoms with Crippen LogP contribution in [0.25, 0.3) is 0 Å². The molecule has 0 aromatic rings. The van der Waals surface area contributed by atoms with Gasteiger partial charge in [0, 0.05) is 6.42 Å². The van der Waals surface area contributed by atoms with E-state index in [1.165, 1.54) is 6.42 Å². The summed E-state index contributed by atoms with van der Waals surface area (Å²) < 4.78 is 203. The Hall–Kier alpha value is -1.58. The minimum Gasteiger partial charge on any atom is -0.396 e. The molecule has 0 bridgehead atoms. The van der Waals surface area contributed by atoms with Crippen molar-refractivity contribution in [2.45, 2.75) is 138 Å². The summed E-state index contributed by atoms with van der Waals surface area (Å²) in [6.07, 6.45) is 2.20. The summed E-state index contributed by atoms with van der Waals surface area (Å²) in [4.78, 5) is 11.4. The average molecular weight is 638 g/mol. The van der Waals surface area contributed by atoms with E-state index >= 15 is 0 Å². The summed E-state index contributed by atoms with van der Waals surface area (Å²) in [5, 5.41) is 0. The van der Waals surface area contributed by atoms with Crippen LogP contribution in [0.2, 0.25) is 0 Å². The third kappa shape index (κ3) is 8.96. The monoisotopic (exact) mass is 638 g/mol. The van der Waals surface area contributed by atoms with Crippen LogP contribution in [0.1, 0.15) is 96.8 Å². The summed E-state index contributed by atoms with van der Waals surface area (Å²) in [5.41, 5.74) is 0. The molecule has 17 heteroatoms. The van der Waals surface area contributed by atoms with Crippen LogP contribution in [0.5, 0.6) is 0 Å². The SMILES string of the molecule is CCCCCCCCCCCCCCCC(=O)OC(F)(F)C(F)(F)C(F)(F)C(F)(F)C(F)(F)C(F)(F)C(F)(F)CF. The number of halogens is 15. The van der Waals surface area contributed by atoms with Gasteiger partial charge in [-0.05, 0) is 6.42 Å². The number of ether oxygens (including phenoxy) is 1. The van der Waals surface area contributed by atoms with Gasteiger partial charge in [-0.25, -0.2) is 4.39 Å². The molecule has 0 rings (SSSR count). The highest BCUT2D eigenvalue weighted by molar-refractivity contribution is 5.69. The molecule has 0 aromatic heterocycles. The maximum atomic E-state index is 13.7. The van der Waals surface area contributed by atoms with Crippen LogP contribution in [0, 0.1) is 0 Å². The van der Waals surface area contributed by atoms with Gasteiger partial charge in [-0.15, -0.1) is 0 Å². The van der Waals surface area contributed by atoms with Crippen LogP contribution in [-0.2, 0) is 9.53 Å². The van der Waals surface area contributed by atoms with E-state index in [4.69, 9.17) is 0 Å². The molecule has 0 spiro atoms. The molecular formula is C24H33F15O2. The normalized spacial score (nSPS) is 14.4. The predicted molar refractivity (Wildman–Crippen MR) is 117 cm³/mol. The first kappa shape index (κ1) is 39.4. The lowest BCUT2D eigenvalue weighted by Gasteiger charge is -2.41. The molecular weight excluding hydrogens is 605 g/mol. The van der Waals surface area contributed by atoms with E-state index in [9.17, 15) is 70.7 Å². The van der Waals surface area contributed by atoms with E-state index in [1.807, 2.05) is 0 Å². The second-order valence-electron chi connectivity index (χ2n) is 9.69. The van der Waals surface area contributed by atoms with E-state index in [0.717, 1.165) is 51.4 Å². The molecule has 0 aliphatic carbocycles. The number of carbonyl (C=O) groups excluding carboxylic acids is 1. The topological polar surface area (TPSA) is 26.3 Å². The number of carbonyl (C=O) groups is 1. The first-order chi connectivity index (χ1) is 18.5. The minimum atomic E-state index is -8.34. The van der Waals surface area contributed by atoms with Gasteiger partial charge in [0.1, 0.15) is 0 Å². The zero-order valence-corrected chi connectivity index (χ0v) is 22.1. The van der Waals surface area contributed by atoms with Crippen molar-refractivity contribution in [3.8, 4) is 0 Å². The molecule has 0 aliphatic heterocycles. The first-order valence-electron chi connectivity index (χ1n) is 12.9. The van der Waals surface area contributed by atoms with Crippen molar-refractivity contribution in [3.63, 3.8) is 0 Å². The zero-order valence-electron chi connectivity index (χ0n) is 22.1. The van der Waals surface area contributed by atoms with E-state index in [1.54, 1.807) is 0 Å². The number of unbranched alkanes of at least 4 members (excludes halogenated alkanes) is 12. The van der Waals surface area contributed by atoms with E-state index in [0.29, 0.717) is 12.8 Å². The molecule has 0 unspecified atom stereocenters. The number of hydrogen-bond acceptors (Lipinski definition) is 2. The molecule has 0 heterocycles. The van der Waals surface area contributed by atoms with Crippen molar-refractivity contribution in [1.29, 1.82) is 0 Å². The van der Waals surface area contributed by atoms with Crippen molar-refractivity contribution in [3.05, 3.63) is 0 Å². The second kappa shape index (κ2) is 15.2. The molecule has 41 heavy (non-hydrogen) atoms. The maximum Gasteiger partial charge on any atom is 0.473 e. The smallest absolute Gasteiger partial charge is 0.396 e. The van der Waals surface area contributed by atoms with Gasteiger partial charge >= 0.3 is 47.6 Å². The average Bonchev–Trinajstić information content (AvgIpc) is 2.85. The Morgan fingerprint density at radius 3 is 1.17 bits per heavy atom. The first-order valence-corrected chi connectivity index (χ1v) is 12.9. The summed E-state index contributed by atoms with van der Waals surface area (Å²) >= 11 is 0. The lowest BCUT2D eigenvalue weighted by atomic mass is 9.91. The van der Waals surface area contributed by atoms with Crippen LogP contribution in [0.3, 0.4) is 0 Å². The number of hydrogen-bond donors (Lipinski definition) is 0. The number of alkyl halides is 15. The van der Waals surface area contributed by atoms with E-state index in [-0.39, 0.29) is 12.8 Å². The summed E-state index contributed by atoms with van der Waals surface area (Å²) in [5.74, 6) is -49.5. The van der Waals surface area contributed by atoms with Crippen molar-refractivity contribution in [2.24, 2.45) is 0 Å². The third-order valence-electron chi connectivity index (χ3n) is 6.30. The van der Waals surface area contributed by atoms with Crippen molar-refractivity contribution >= 4 is 5.97 Å². The fourth-order valence-corrected chi connectivity index (χ4v) is 3.63. The molecule has 246 valence electrons. The molecule has 0 saturated carbocycles. The highest BCUT2D eigenvalue weighted by Crippen LogP contribution is 2.62. The van der Waals surface area contributed by atoms with Crippen molar-refractivity contribution in [2.75, 3.05) is 6.67 Å². The molecule has 0 N–H and O–H groups in total. The second-order valence-corrected chi connectivity index (χ2v) is 9.69. The van der Waals surface area contributed by atoms with Gasteiger partial charge in [0.05, 0.1) is 0 Å². The van der Waals surface area contributed by atoms with Crippen LogP contribution in [-0.4, -0.2) is 54.3 Å². The van der Waals surface area contributed by atoms with Gasteiger partial charge < -0.3 is 4.74 Å². The van der Waals surface area contributed by atoms with E-state index in [2.05, 4.69) is 11.7 Å². The molecule has 0 aromatic carbocycles. The van der Waals surface area contributed by atoms with Crippen LogP contribution < -0.4 is 0 Å². The van der Waals surface area contributed by atoms with Gasteiger partial charge in [-0.3, -0.25) is 4.79 Å². The summed E-state index contributed by atoms with van der Waals surface area (Å²) in [6.45, 7) is -1.74. The molecule has 0 atom stereocenters. The molecule has 0 fully saturated rings. The van der Waals surface area contributed by atoms with Crippen LogP contribution in [0.4, 0.5) is 65.9 Å². The Morgan fingerprint density at radius 1 is 0.488 bits per heavy atom. The predicted octanol–water partition coefficient (Wildman–Crippen LogP) is 10.4. The highest BCUT2D eigenvalue weighted by atomic mass is 19.4. The molecule has 2 nitrogen and oxygen atoms in total. The Morgan fingerprint density at radius 2 is 0.805 bits per heavy atom. The van der Waals surface area contributed by atoms with Crippen molar-refractivity contribution < 1.29 is 75.4 Å². The highest BCUT2D eigenvalue weighted by Gasteiger charge is 2.93. The quantitative estimate of drug-likeness (QED) is 0.0670. The van der Waals surface area contributed by atoms with Gasteiger partial charge in [-0.1, -0.05) is 84.0 Å². The van der Waals surface area contributed by atoms with Gasteiger partial charge in [-0.2, -0.15) is 61.5 Å².